The quantitative estimate of drug-likeness (QED) is 0.745. The number of piperidine rings is 1. The summed E-state index contributed by atoms with van der Waals surface area (Å²) in [6.07, 6.45) is -3.74. The number of halogens is 3. The molecule has 10 heteroatoms. The van der Waals surface area contributed by atoms with Crippen molar-refractivity contribution in [3.8, 4) is 0 Å². The zero-order valence-corrected chi connectivity index (χ0v) is 17.1. The Bertz CT molecular complexity index is 828. The van der Waals surface area contributed by atoms with Crippen LogP contribution in [0.3, 0.4) is 0 Å². The molecule has 1 aromatic rings. The van der Waals surface area contributed by atoms with Crippen molar-refractivity contribution in [2.75, 3.05) is 19.6 Å². The van der Waals surface area contributed by atoms with Gasteiger partial charge in [-0.15, -0.1) is 0 Å². The standard InChI is InChI=1S/C19H25F3N2O4S/c1-13(2)29(27,28)16-5-3-14(4-6-16)11-17(25)24-9-7-15(8-10-24)18(26)23-12-19(20,21)22/h3-6,13,15H,7-12H2,1-2H3,(H,23,26). The number of carbonyl (C=O) groups excluding carboxylic acids is 2. The molecule has 6 nitrogen and oxygen atoms in total. The second-order valence-electron chi connectivity index (χ2n) is 7.40. The fourth-order valence-corrected chi connectivity index (χ4v) is 4.14. The molecule has 0 aromatic heterocycles. The lowest BCUT2D eigenvalue weighted by atomic mass is 9.95. The van der Waals surface area contributed by atoms with Crippen molar-refractivity contribution in [2.24, 2.45) is 5.92 Å². The minimum absolute atomic E-state index is 0.0902. The zero-order valence-electron chi connectivity index (χ0n) is 16.3. The summed E-state index contributed by atoms with van der Waals surface area (Å²) < 4.78 is 60.8. The number of benzene rings is 1. The van der Waals surface area contributed by atoms with Gasteiger partial charge in [-0.3, -0.25) is 9.59 Å². The van der Waals surface area contributed by atoms with Crippen LogP contribution in [0.4, 0.5) is 13.2 Å². The third-order valence-corrected chi connectivity index (χ3v) is 7.08. The topological polar surface area (TPSA) is 83.6 Å². The van der Waals surface area contributed by atoms with Crippen LogP contribution in [-0.2, 0) is 25.8 Å². The smallest absolute Gasteiger partial charge is 0.347 e. The van der Waals surface area contributed by atoms with E-state index in [9.17, 15) is 31.2 Å². The van der Waals surface area contributed by atoms with Gasteiger partial charge in [-0.2, -0.15) is 13.2 Å². The molecule has 0 atom stereocenters. The molecule has 0 radical (unpaired) electrons. The molecule has 1 aliphatic rings. The maximum Gasteiger partial charge on any atom is 0.405 e. The van der Waals surface area contributed by atoms with Gasteiger partial charge in [-0.1, -0.05) is 12.1 Å². The van der Waals surface area contributed by atoms with E-state index in [1.54, 1.807) is 30.9 Å². The van der Waals surface area contributed by atoms with Crippen LogP contribution in [0, 0.1) is 5.92 Å². The molecule has 0 unspecified atom stereocenters. The number of hydrogen-bond donors (Lipinski definition) is 1. The van der Waals surface area contributed by atoms with Gasteiger partial charge in [0.05, 0.1) is 16.6 Å². The largest absolute Gasteiger partial charge is 0.405 e. The van der Waals surface area contributed by atoms with Crippen molar-refractivity contribution < 1.29 is 31.2 Å². The molecule has 29 heavy (non-hydrogen) atoms. The number of carbonyl (C=O) groups is 2. The van der Waals surface area contributed by atoms with Crippen molar-refractivity contribution in [3.05, 3.63) is 29.8 Å². The fourth-order valence-electron chi connectivity index (χ4n) is 3.08. The molecule has 1 saturated heterocycles. The van der Waals surface area contributed by atoms with E-state index in [2.05, 4.69) is 0 Å². The summed E-state index contributed by atoms with van der Waals surface area (Å²) in [4.78, 5) is 26.0. The van der Waals surface area contributed by atoms with Gasteiger partial charge in [0.15, 0.2) is 9.84 Å². The normalized spacial score (nSPS) is 16.1. The van der Waals surface area contributed by atoms with Gasteiger partial charge in [-0.25, -0.2) is 8.42 Å². The van der Waals surface area contributed by atoms with E-state index in [1.165, 1.54) is 12.1 Å². The Labute approximate surface area is 168 Å². The number of rotatable bonds is 6. The summed E-state index contributed by atoms with van der Waals surface area (Å²) in [5, 5.41) is 1.35. The Morgan fingerprint density at radius 1 is 1.14 bits per heavy atom. The van der Waals surface area contributed by atoms with Gasteiger partial charge in [-0.05, 0) is 44.4 Å². The highest BCUT2D eigenvalue weighted by molar-refractivity contribution is 7.92. The Morgan fingerprint density at radius 3 is 2.17 bits per heavy atom. The highest BCUT2D eigenvalue weighted by Crippen LogP contribution is 2.21. The molecule has 2 rings (SSSR count). The van der Waals surface area contributed by atoms with E-state index in [0.717, 1.165) is 0 Å². The molecule has 0 spiro atoms. The molecule has 2 amide bonds. The van der Waals surface area contributed by atoms with Gasteiger partial charge >= 0.3 is 6.18 Å². The first-order chi connectivity index (χ1) is 13.4. The van der Waals surface area contributed by atoms with Crippen LogP contribution in [0.15, 0.2) is 29.2 Å². The molecule has 0 saturated carbocycles. The highest BCUT2D eigenvalue weighted by Gasteiger charge is 2.31. The summed E-state index contributed by atoms with van der Waals surface area (Å²) in [6.45, 7) is 2.43. The number of nitrogens with one attached hydrogen (secondary N) is 1. The van der Waals surface area contributed by atoms with E-state index in [4.69, 9.17) is 0 Å². The molecule has 1 N–H and O–H groups in total. The molecule has 1 aliphatic heterocycles. The lowest BCUT2D eigenvalue weighted by Crippen LogP contribution is -2.45. The van der Waals surface area contributed by atoms with E-state index in [0.29, 0.717) is 31.5 Å². The van der Waals surface area contributed by atoms with Crippen LogP contribution in [0.25, 0.3) is 0 Å². The Hall–Kier alpha value is -2.10. The second kappa shape index (κ2) is 9.15. The predicted molar refractivity (Wildman–Crippen MR) is 101 cm³/mol. The van der Waals surface area contributed by atoms with E-state index in [1.807, 2.05) is 5.32 Å². The second-order valence-corrected chi connectivity index (χ2v) is 9.91. The molecular weight excluding hydrogens is 409 g/mol. The highest BCUT2D eigenvalue weighted by atomic mass is 32.2. The third kappa shape index (κ3) is 6.45. The molecule has 0 bridgehead atoms. The van der Waals surface area contributed by atoms with E-state index >= 15 is 0 Å². The van der Waals surface area contributed by atoms with Crippen LogP contribution in [-0.4, -0.2) is 56.2 Å². The van der Waals surface area contributed by atoms with Crippen LogP contribution >= 0.6 is 0 Å². The molecule has 1 heterocycles. The number of likely N-dealkylation sites (tertiary alicyclic amines) is 1. The van der Waals surface area contributed by atoms with Gasteiger partial charge in [0.25, 0.3) is 0 Å². The lowest BCUT2D eigenvalue weighted by molar-refractivity contribution is -0.142. The molecule has 0 aliphatic carbocycles. The number of amides is 2. The number of nitrogens with zero attached hydrogens (tertiary/aromatic N) is 1. The Kier molecular flexibility index (Phi) is 7.31. The van der Waals surface area contributed by atoms with Crippen LogP contribution < -0.4 is 5.32 Å². The lowest BCUT2D eigenvalue weighted by Gasteiger charge is -2.31. The minimum Gasteiger partial charge on any atom is -0.347 e. The zero-order chi connectivity index (χ0) is 21.8. The summed E-state index contributed by atoms with van der Waals surface area (Å²) >= 11 is 0. The SMILES string of the molecule is CC(C)S(=O)(=O)c1ccc(CC(=O)N2CCC(C(=O)NCC(F)(F)F)CC2)cc1. The monoisotopic (exact) mass is 434 g/mol. The minimum atomic E-state index is -4.45. The average Bonchev–Trinajstić information content (AvgIpc) is 2.66. The number of hydrogen-bond acceptors (Lipinski definition) is 4. The van der Waals surface area contributed by atoms with Gasteiger partial charge < -0.3 is 10.2 Å². The van der Waals surface area contributed by atoms with E-state index < -0.39 is 39.6 Å². The van der Waals surface area contributed by atoms with Crippen LogP contribution in [0.5, 0.6) is 0 Å². The van der Waals surface area contributed by atoms with E-state index in [-0.39, 0.29) is 17.2 Å². The van der Waals surface area contributed by atoms with Crippen molar-refractivity contribution in [1.29, 1.82) is 0 Å². The summed E-state index contributed by atoms with van der Waals surface area (Å²) in [5.41, 5.74) is 0.669. The van der Waals surface area contributed by atoms with Crippen molar-refractivity contribution in [2.45, 2.75) is 49.4 Å². The van der Waals surface area contributed by atoms with Crippen molar-refractivity contribution in [1.82, 2.24) is 10.2 Å². The van der Waals surface area contributed by atoms with Gasteiger partial charge in [0.2, 0.25) is 11.8 Å². The predicted octanol–water partition coefficient (Wildman–Crippen LogP) is 2.33. The number of alkyl halides is 3. The molecular formula is C19H25F3N2O4S. The maximum atomic E-state index is 12.4. The Morgan fingerprint density at radius 2 is 1.69 bits per heavy atom. The van der Waals surface area contributed by atoms with Crippen molar-refractivity contribution >= 4 is 21.7 Å². The van der Waals surface area contributed by atoms with Crippen molar-refractivity contribution in [3.63, 3.8) is 0 Å². The number of sulfone groups is 1. The Balaban J connectivity index is 1.86. The van der Waals surface area contributed by atoms with Crippen LogP contribution in [0.1, 0.15) is 32.3 Å². The van der Waals surface area contributed by atoms with Gasteiger partial charge in [0, 0.05) is 19.0 Å². The first-order valence-corrected chi connectivity index (χ1v) is 10.9. The average molecular weight is 434 g/mol. The summed E-state index contributed by atoms with van der Waals surface area (Å²) in [7, 11) is -3.37. The first kappa shape index (κ1) is 23.2. The molecule has 1 fully saturated rings. The maximum absolute atomic E-state index is 12.4. The first-order valence-electron chi connectivity index (χ1n) is 9.35. The molecule has 1 aromatic carbocycles. The molecule has 162 valence electrons. The van der Waals surface area contributed by atoms with Crippen LogP contribution in [0.2, 0.25) is 0 Å². The summed E-state index contributed by atoms with van der Waals surface area (Å²) in [5.74, 6) is -1.35. The third-order valence-electron chi connectivity index (χ3n) is 4.91. The van der Waals surface area contributed by atoms with Gasteiger partial charge in [0.1, 0.15) is 6.54 Å². The fraction of sp³-hybridized carbons (Fsp3) is 0.579. The summed E-state index contributed by atoms with van der Waals surface area (Å²) in [6, 6.07) is 6.17.